The third-order valence-corrected chi connectivity index (χ3v) is 6.61. The van der Waals surface area contributed by atoms with Gasteiger partial charge < -0.3 is 24.2 Å². The molecule has 2 aromatic heterocycles. The van der Waals surface area contributed by atoms with E-state index in [0.29, 0.717) is 0 Å². The van der Waals surface area contributed by atoms with Crippen molar-refractivity contribution in [1.82, 2.24) is 14.8 Å². The quantitative estimate of drug-likeness (QED) is 0.243. The fourth-order valence-electron chi connectivity index (χ4n) is 4.37. The molecule has 0 fully saturated rings. The summed E-state index contributed by atoms with van der Waals surface area (Å²) < 4.78 is 57.4. The molecular weight excluding hydrogens is 581 g/mol. The van der Waals surface area contributed by atoms with Crippen LogP contribution < -0.4 is 16.0 Å². The fourth-order valence-corrected chi connectivity index (χ4v) is 4.55. The van der Waals surface area contributed by atoms with Crippen LogP contribution in [0.5, 0.6) is 5.75 Å². The lowest BCUT2D eigenvalue weighted by Gasteiger charge is -2.21. The van der Waals surface area contributed by atoms with E-state index in [1.807, 2.05) is 0 Å². The highest BCUT2D eigenvalue weighted by atomic mass is 35.5. The van der Waals surface area contributed by atoms with Gasteiger partial charge in [-0.15, -0.1) is 10.2 Å². The number of amides is 1. The molecule has 2 heterocycles. The number of aromatic nitrogens is 3. The van der Waals surface area contributed by atoms with Crippen LogP contribution in [0.3, 0.4) is 0 Å². The van der Waals surface area contributed by atoms with Crippen molar-refractivity contribution in [3.05, 3.63) is 86.9 Å². The average molecular weight is 605 g/mol. The lowest BCUT2D eigenvalue weighted by molar-refractivity contribution is -0.122. The summed E-state index contributed by atoms with van der Waals surface area (Å²) in [5, 5.41) is 7.31. The zero-order valence-electron chi connectivity index (χ0n) is 22.3. The molecule has 1 amide bonds. The van der Waals surface area contributed by atoms with Crippen molar-refractivity contribution in [2.24, 2.45) is 5.73 Å². The number of primary amides is 1. The van der Waals surface area contributed by atoms with E-state index in [-0.39, 0.29) is 63.9 Å². The Hall–Kier alpha value is -4.49. The number of ether oxygens (including phenoxy) is 2. The molecule has 0 saturated carbocycles. The number of nitrogens with zero attached hydrogens (tertiary/aromatic N) is 3. The number of rotatable bonds is 12. The number of alkyl halides is 2. The lowest BCUT2D eigenvalue weighted by Crippen LogP contribution is -2.31. The van der Waals surface area contributed by atoms with E-state index < -0.39 is 41.4 Å². The van der Waals surface area contributed by atoms with Crippen LogP contribution in [0.2, 0.25) is 5.02 Å². The van der Waals surface area contributed by atoms with Crippen LogP contribution in [-0.2, 0) is 16.0 Å². The molecule has 42 heavy (non-hydrogen) atoms. The second-order valence-electron chi connectivity index (χ2n) is 9.06. The number of nitrogens with two attached hydrogens (primary N) is 1. The standard InChI is InChI=1S/C28H24ClF3N4O6/c1-40-8-7-21(22(37)10-14-3-5-17(26(33)39)20(30)9-14)36-13-23(41-2)19(12-24(36)38)18-11-15(29)4-6-16(18)27-34-35-28(42-27)25(31)32/h3-6,9,11-13,21,25H,7-8,10H2,1-2H3,(H2,33,39). The van der Waals surface area contributed by atoms with Crippen LogP contribution in [0.4, 0.5) is 13.2 Å². The van der Waals surface area contributed by atoms with E-state index in [9.17, 15) is 27.6 Å². The number of methoxy groups -OCH3 is 2. The average Bonchev–Trinajstić information content (AvgIpc) is 3.44. The maximum Gasteiger partial charge on any atom is 0.314 e. The minimum absolute atomic E-state index is 0.0976. The first-order chi connectivity index (χ1) is 20.0. The van der Waals surface area contributed by atoms with E-state index in [1.165, 1.54) is 61.4 Å². The summed E-state index contributed by atoms with van der Waals surface area (Å²) in [7, 11) is 2.78. The smallest absolute Gasteiger partial charge is 0.314 e. The highest BCUT2D eigenvalue weighted by molar-refractivity contribution is 6.31. The zero-order chi connectivity index (χ0) is 30.6. The molecule has 10 nitrogen and oxygen atoms in total. The summed E-state index contributed by atoms with van der Waals surface area (Å²) in [4.78, 5) is 38.2. The third-order valence-electron chi connectivity index (χ3n) is 6.37. The van der Waals surface area contributed by atoms with E-state index in [4.69, 9.17) is 31.2 Å². The van der Waals surface area contributed by atoms with Gasteiger partial charge in [-0.1, -0.05) is 17.7 Å². The molecule has 14 heteroatoms. The Morgan fingerprint density at radius 3 is 2.45 bits per heavy atom. The van der Waals surface area contributed by atoms with E-state index in [0.717, 1.165) is 6.07 Å². The maximum absolute atomic E-state index is 14.3. The van der Waals surface area contributed by atoms with Crippen LogP contribution in [0.15, 0.2) is 57.9 Å². The van der Waals surface area contributed by atoms with Gasteiger partial charge in [-0.2, -0.15) is 8.78 Å². The topological polar surface area (TPSA) is 140 Å². The summed E-state index contributed by atoms with van der Waals surface area (Å²) >= 11 is 6.22. The first kappa shape index (κ1) is 30.5. The van der Waals surface area contributed by atoms with Crippen molar-refractivity contribution in [3.63, 3.8) is 0 Å². The molecule has 0 aliphatic rings. The highest BCUT2D eigenvalue weighted by Gasteiger charge is 2.26. The second-order valence-corrected chi connectivity index (χ2v) is 9.49. The number of benzene rings is 2. The molecule has 0 aliphatic carbocycles. The summed E-state index contributed by atoms with van der Waals surface area (Å²) in [6.07, 6.45) is -1.82. The van der Waals surface area contributed by atoms with Crippen molar-refractivity contribution in [2.75, 3.05) is 20.8 Å². The van der Waals surface area contributed by atoms with Gasteiger partial charge in [0.1, 0.15) is 11.6 Å². The first-order valence-electron chi connectivity index (χ1n) is 12.4. The normalized spacial score (nSPS) is 12.0. The Balaban J connectivity index is 1.76. The predicted molar refractivity (Wildman–Crippen MR) is 145 cm³/mol. The zero-order valence-corrected chi connectivity index (χ0v) is 23.0. The highest BCUT2D eigenvalue weighted by Crippen LogP contribution is 2.38. The second kappa shape index (κ2) is 13.0. The fraction of sp³-hybridized carbons (Fsp3) is 0.250. The molecule has 1 unspecified atom stereocenters. The maximum atomic E-state index is 14.3. The molecule has 1 atom stereocenters. The van der Waals surface area contributed by atoms with Crippen LogP contribution in [0, 0.1) is 5.82 Å². The van der Waals surface area contributed by atoms with E-state index in [2.05, 4.69) is 10.2 Å². The number of Topliss-reactive ketones (excluding diaryl/α,β-unsaturated/α-hetero) is 1. The number of ketones is 1. The first-order valence-corrected chi connectivity index (χ1v) is 12.7. The van der Waals surface area contributed by atoms with Gasteiger partial charge in [-0.05, 0) is 47.9 Å². The number of pyridine rings is 1. The minimum atomic E-state index is -2.99. The molecule has 0 aliphatic heterocycles. The Bertz CT molecular complexity index is 1690. The van der Waals surface area contributed by atoms with Gasteiger partial charge >= 0.3 is 6.43 Å². The molecular formula is C28H24ClF3N4O6. The molecule has 4 rings (SSSR count). The Kier molecular flexibility index (Phi) is 9.43. The number of hydrogen-bond acceptors (Lipinski definition) is 8. The number of carbonyl (C=O) groups excluding carboxylic acids is 2. The van der Waals surface area contributed by atoms with Crippen molar-refractivity contribution < 1.29 is 36.7 Å². The van der Waals surface area contributed by atoms with Crippen LogP contribution in [0.25, 0.3) is 22.6 Å². The summed E-state index contributed by atoms with van der Waals surface area (Å²) in [5.74, 6) is -3.23. The van der Waals surface area contributed by atoms with Crippen molar-refractivity contribution >= 4 is 23.3 Å². The van der Waals surface area contributed by atoms with Crippen LogP contribution in [0.1, 0.15) is 40.7 Å². The molecule has 0 bridgehead atoms. The minimum Gasteiger partial charge on any atom is -0.495 e. The van der Waals surface area contributed by atoms with Gasteiger partial charge in [0.2, 0.25) is 5.89 Å². The SMILES string of the molecule is COCCC(C(=O)Cc1ccc(C(N)=O)c(F)c1)n1cc(OC)c(-c2cc(Cl)ccc2-c2nnc(C(F)F)o2)cc1=O. The molecule has 0 radical (unpaired) electrons. The Morgan fingerprint density at radius 2 is 1.83 bits per heavy atom. The van der Waals surface area contributed by atoms with Crippen molar-refractivity contribution in [1.29, 1.82) is 0 Å². The summed E-state index contributed by atoms with van der Waals surface area (Å²) in [6.45, 7) is 0.115. The van der Waals surface area contributed by atoms with Gasteiger partial charge in [0.15, 0.2) is 5.78 Å². The number of carbonyl (C=O) groups is 2. The third kappa shape index (κ3) is 6.52. The van der Waals surface area contributed by atoms with Crippen molar-refractivity contribution in [3.8, 4) is 28.3 Å². The molecule has 0 saturated heterocycles. The number of hydrogen-bond donors (Lipinski definition) is 1. The molecule has 220 valence electrons. The van der Waals surface area contributed by atoms with Gasteiger partial charge in [-0.3, -0.25) is 14.4 Å². The van der Waals surface area contributed by atoms with Crippen molar-refractivity contribution in [2.45, 2.75) is 25.3 Å². The summed E-state index contributed by atoms with van der Waals surface area (Å²) in [6, 6.07) is 8.22. The van der Waals surface area contributed by atoms with Gasteiger partial charge in [0, 0.05) is 42.4 Å². The number of halogens is 4. The van der Waals surface area contributed by atoms with Gasteiger partial charge in [0.25, 0.3) is 17.4 Å². The lowest BCUT2D eigenvalue weighted by atomic mass is 9.98. The molecule has 4 aromatic rings. The molecule has 2 aromatic carbocycles. The Labute approximate surface area is 241 Å². The van der Waals surface area contributed by atoms with E-state index in [1.54, 1.807) is 0 Å². The molecule has 2 N–H and O–H groups in total. The molecule has 0 spiro atoms. The van der Waals surface area contributed by atoms with E-state index >= 15 is 0 Å². The Morgan fingerprint density at radius 1 is 1.07 bits per heavy atom. The van der Waals surface area contributed by atoms with Crippen LogP contribution in [-0.4, -0.2) is 47.3 Å². The largest absolute Gasteiger partial charge is 0.495 e. The van der Waals surface area contributed by atoms with Crippen LogP contribution >= 0.6 is 11.6 Å². The van der Waals surface area contributed by atoms with Gasteiger partial charge in [0.05, 0.1) is 24.9 Å². The predicted octanol–water partition coefficient (Wildman–Crippen LogP) is 4.79. The summed E-state index contributed by atoms with van der Waals surface area (Å²) in [5.41, 5.74) is 5.20. The van der Waals surface area contributed by atoms with Gasteiger partial charge in [-0.25, -0.2) is 4.39 Å². The monoisotopic (exact) mass is 604 g/mol.